The molecule has 3 atom stereocenters. The lowest BCUT2D eigenvalue weighted by molar-refractivity contribution is -0.120. The minimum absolute atomic E-state index is 0.108. The van der Waals surface area contributed by atoms with E-state index < -0.39 is 0 Å². The molecule has 0 aromatic carbocycles. The zero-order chi connectivity index (χ0) is 11.5. The number of amides is 1. The van der Waals surface area contributed by atoms with Crippen molar-refractivity contribution in [3.8, 4) is 0 Å². The van der Waals surface area contributed by atoms with Gasteiger partial charge in [0.05, 0.1) is 0 Å². The van der Waals surface area contributed by atoms with Gasteiger partial charge in [-0.25, -0.2) is 0 Å². The average molecular weight is 222 g/mol. The molecule has 1 amide bonds. The zero-order valence-corrected chi connectivity index (χ0v) is 10.3. The van der Waals surface area contributed by atoms with Crippen LogP contribution < -0.4 is 5.32 Å². The van der Waals surface area contributed by atoms with Crippen LogP contribution in [-0.4, -0.2) is 17.8 Å². The van der Waals surface area contributed by atoms with E-state index in [9.17, 15) is 4.79 Å². The Labute approximate surface area is 97.7 Å². The average Bonchev–Trinajstić information content (AvgIpc) is 2.71. The van der Waals surface area contributed by atoms with E-state index in [4.69, 9.17) is 0 Å². The largest absolute Gasteiger partial charge is 0.312 e. The minimum atomic E-state index is -0.114. The quantitative estimate of drug-likeness (QED) is 0.783. The number of rotatable bonds is 3. The van der Waals surface area contributed by atoms with Gasteiger partial charge >= 0.3 is 0 Å². The predicted octanol–water partition coefficient (Wildman–Crippen LogP) is 2.51. The Morgan fingerprint density at radius 1 is 1.31 bits per heavy atom. The Morgan fingerprint density at radius 2 is 2.12 bits per heavy atom. The highest BCUT2D eigenvalue weighted by atomic mass is 16.2. The number of hydrogen-bond acceptors (Lipinski definition) is 2. The van der Waals surface area contributed by atoms with Crippen molar-refractivity contribution in [3.63, 3.8) is 0 Å². The molecule has 1 heterocycles. The van der Waals surface area contributed by atoms with Crippen molar-refractivity contribution in [2.75, 3.05) is 0 Å². The van der Waals surface area contributed by atoms with Crippen LogP contribution in [0.25, 0.3) is 0 Å². The predicted molar refractivity (Wildman–Crippen MR) is 65.4 cm³/mol. The number of amidine groups is 1. The highest BCUT2D eigenvalue weighted by Gasteiger charge is 2.31. The van der Waals surface area contributed by atoms with Gasteiger partial charge in [-0.05, 0) is 25.2 Å². The molecule has 0 radical (unpaired) electrons. The van der Waals surface area contributed by atoms with E-state index in [1.807, 2.05) is 6.92 Å². The SMILES string of the molecule is CCC1CCCC(C2=NC(CC)C(=O)N2)C1. The lowest BCUT2D eigenvalue weighted by Crippen LogP contribution is -2.34. The first-order chi connectivity index (χ1) is 7.74. The second kappa shape index (κ2) is 4.98. The standard InChI is InChI=1S/C13H22N2O/c1-3-9-6-5-7-10(8-9)12-14-11(4-2)13(16)15-12/h9-11H,3-8H2,1-2H3,(H,14,15,16). The van der Waals surface area contributed by atoms with Crippen LogP contribution in [0.4, 0.5) is 0 Å². The van der Waals surface area contributed by atoms with Gasteiger partial charge < -0.3 is 5.32 Å². The number of hydrogen-bond donors (Lipinski definition) is 1. The number of nitrogens with one attached hydrogen (secondary N) is 1. The van der Waals surface area contributed by atoms with Crippen LogP contribution in [0.5, 0.6) is 0 Å². The van der Waals surface area contributed by atoms with Crippen molar-refractivity contribution in [1.29, 1.82) is 0 Å². The molecule has 1 fully saturated rings. The van der Waals surface area contributed by atoms with Crippen LogP contribution in [0.3, 0.4) is 0 Å². The molecule has 0 aromatic rings. The van der Waals surface area contributed by atoms with Crippen LogP contribution in [0.15, 0.2) is 4.99 Å². The first-order valence-electron chi connectivity index (χ1n) is 6.63. The molecular weight excluding hydrogens is 200 g/mol. The zero-order valence-electron chi connectivity index (χ0n) is 10.3. The smallest absolute Gasteiger partial charge is 0.250 e. The summed E-state index contributed by atoms with van der Waals surface area (Å²) in [6.07, 6.45) is 7.13. The van der Waals surface area contributed by atoms with Gasteiger partial charge in [0, 0.05) is 5.92 Å². The number of carbonyl (C=O) groups excluding carboxylic acids is 1. The number of aliphatic imine (C=N–C) groups is 1. The Hall–Kier alpha value is -0.860. The molecule has 0 aromatic heterocycles. The molecule has 90 valence electrons. The molecular formula is C13H22N2O. The Kier molecular flexibility index (Phi) is 3.62. The van der Waals surface area contributed by atoms with E-state index in [1.54, 1.807) is 0 Å². The van der Waals surface area contributed by atoms with Gasteiger partial charge in [-0.15, -0.1) is 0 Å². The van der Waals surface area contributed by atoms with Crippen molar-refractivity contribution in [1.82, 2.24) is 5.32 Å². The Bertz CT molecular complexity index is 298. The molecule has 1 aliphatic carbocycles. The van der Waals surface area contributed by atoms with Gasteiger partial charge in [-0.2, -0.15) is 0 Å². The Balaban J connectivity index is 2.00. The van der Waals surface area contributed by atoms with Crippen LogP contribution in [-0.2, 0) is 4.79 Å². The monoisotopic (exact) mass is 222 g/mol. The topological polar surface area (TPSA) is 41.5 Å². The molecule has 16 heavy (non-hydrogen) atoms. The molecule has 3 unspecified atom stereocenters. The summed E-state index contributed by atoms with van der Waals surface area (Å²) in [5.74, 6) is 2.43. The van der Waals surface area contributed by atoms with Crippen molar-refractivity contribution >= 4 is 11.7 Å². The maximum atomic E-state index is 11.6. The summed E-state index contributed by atoms with van der Waals surface area (Å²) in [6.45, 7) is 4.28. The van der Waals surface area contributed by atoms with Crippen LogP contribution in [0, 0.1) is 11.8 Å². The summed E-state index contributed by atoms with van der Waals surface area (Å²) in [4.78, 5) is 16.1. The first kappa shape index (κ1) is 11.6. The second-order valence-electron chi connectivity index (χ2n) is 5.07. The molecule has 3 heteroatoms. The summed E-state index contributed by atoms with van der Waals surface area (Å²) in [5, 5.41) is 2.98. The molecule has 2 aliphatic rings. The summed E-state index contributed by atoms with van der Waals surface area (Å²) in [6, 6.07) is -0.114. The normalized spacial score (nSPS) is 34.8. The lowest BCUT2D eigenvalue weighted by atomic mass is 9.79. The van der Waals surface area contributed by atoms with Crippen molar-refractivity contribution < 1.29 is 4.79 Å². The van der Waals surface area contributed by atoms with Gasteiger partial charge in [0.2, 0.25) is 5.91 Å². The van der Waals surface area contributed by atoms with Crippen LogP contribution in [0.1, 0.15) is 52.4 Å². The maximum Gasteiger partial charge on any atom is 0.250 e. The highest BCUT2D eigenvalue weighted by Crippen LogP contribution is 2.32. The van der Waals surface area contributed by atoms with E-state index in [1.165, 1.54) is 32.1 Å². The molecule has 1 saturated carbocycles. The third kappa shape index (κ3) is 2.28. The molecule has 1 aliphatic heterocycles. The number of carbonyl (C=O) groups is 1. The van der Waals surface area contributed by atoms with Gasteiger partial charge in [0.25, 0.3) is 0 Å². The first-order valence-corrected chi connectivity index (χ1v) is 6.63. The third-order valence-corrected chi connectivity index (χ3v) is 3.98. The third-order valence-electron chi connectivity index (χ3n) is 3.98. The summed E-state index contributed by atoms with van der Waals surface area (Å²) < 4.78 is 0. The summed E-state index contributed by atoms with van der Waals surface area (Å²) >= 11 is 0. The maximum absolute atomic E-state index is 11.6. The van der Waals surface area contributed by atoms with E-state index >= 15 is 0 Å². The van der Waals surface area contributed by atoms with Gasteiger partial charge in [-0.1, -0.05) is 33.1 Å². The van der Waals surface area contributed by atoms with Gasteiger partial charge in [-0.3, -0.25) is 9.79 Å². The van der Waals surface area contributed by atoms with Crippen LogP contribution in [0.2, 0.25) is 0 Å². The van der Waals surface area contributed by atoms with Gasteiger partial charge in [0.15, 0.2) is 0 Å². The van der Waals surface area contributed by atoms with E-state index in [0.29, 0.717) is 5.92 Å². The molecule has 2 rings (SSSR count). The van der Waals surface area contributed by atoms with Crippen molar-refractivity contribution in [2.24, 2.45) is 16.8 Å². The molecule has 3 nitrogen and oxygen atoms in total. The molecule has 0 bridgehead atoms. The van der Waals surface area contributed by atoms with E-state index in [-0.39, 0.29) is 11.9 Å². The summed E-state index contributed by atoms with van der Waals surface area (Å²) in [7, 11) is 0. The van der Waals surface area contributed by atoms with E-state index in [2.05, 4.69) is 17.2 Å². The lowest BCUT2D eigenvalue weighted by Gasteiger charge is -2.28. The summed E-state index contributed by atoms with van der Waals surface area (Å²) in [5.41, 5.74) is 0. The van der Waals surface area contributed by atoms with Crippen molar-refractivity contribution in [2.45, 2.75) is 58.4 Å². The van der Waals surface area contributed by atoms with Crippen molar-refractivity contribution in [3.05, 3.63) is 0 Å². The molecule has 1 N–H and O–H groups in total. The minimum Gasteiger partial charge on any atom is -0.312 e. The molecule has 0 spiro atoms. The Morgan fingerprint density at radius 3 is 2.75 bits per heavy atom. The van der Waals surface area contributed by atoms with E-state index in [0.717, 1.165) is 18.2 Å². The fourth-order valence-electron chi connectivity index (χ4n) is 2.86. The second-order valence-corrected chi connectivity index (χ2v) is 5.07. The highest BCUT2D eigenvalue weighted by molar-refractivity contribution is 6.06. The van der Waals surface area contributed by atoms with Gasteiger partial charge in [0.1, 0.15) is 11.9 Å². The molecule has 0 saturated heterocycles. The number of nitrogens with zero attached hydrogens (tertiary/aromatic N) is 1. The van der Waals surface area contributed by atoms with Crippen LogP contribution >= 0.6 is 0 Å². The fraction of sp³-hybridized carbons (Fsp3) is 0.846. The fourth-order valence-corrected chi connectivity index (χ4v) is 2.86.